The van der Waals surface area contributed by atoms with Crippen molar-refractivity contribution in [2.45, 2.75) is 26.4 Å². The lowest BCUT2D eigenvalue weighted by molar-refractivity contribution is -0.131. The zero-order chi connectivity index (χ0) is 15.2. The Bertz CT molecular complexity index is 486. The van der Waals surface area contributed by atoms with Crippen molar-refractivity contribution < 1.29 is 9.90 Å². The van der Waals surface area contributed by atoms with Crippen molar-refractivity contribution in [2.24, 2.45) is 0 Å². The fraction of sp³-hybridized carbons (Fsp3) is 0.471. The van der Waals surface area contributed by atoms with Gasteiger partial charge in [-0.2, -0.15) is 0 Å². The fourth-order valence-corrected chi connectivity index (χ4v) is 2.60. The monoisotopic (exact) mass is 288 g/mol. The lowest BCUT2D eigenvalue weighted by Crippen LogP contribution is -2.48. The molecule has 0 atom stereocenters. The minimum atomic E-state index is -0.915. The molecule has 114 valence electrons. The highest BCUT2D eigenvalue weighted by Gasteiger charge is 2.18. The maximum Gasteiger partial charge on any atom is 0.328 e. The molecule has 1 N–H and O–H groups in total. The van der Waals surface area contributed by atoms with Crippen molar-refractivity contribution >= 4 is 12.0 Å². The van der Waals surface area contributed by atoms with Gasteiger partial charge in [-0.1, -0.05) is 24.3 Å². The third kappa shape index (κ3) is 4.99. The smallest absolute Gasteiger partial charge is 0.328 e. The van der Waals surface area contributed by atoms with Gasteiger partial charge in [0.25, 0.3) is 0 Å². The Balaban J connectivity index is 1.85. The molecule has 1 aromatic carbocycles. The summed E-state index contributed by atoms with van der Waals surface area (Å²) in [6.07, 6.45) is 2.79. The van der Waals surface area contributed by atoms with Crippen LogP contribution in [0.15, 0.2) is 30.3 Å². The van der Waals surface area contributed by atoms with E-state index in [1.165, 1.54) is 11.6 Å². The summed E-state index contributed by atoms with van der Waals surface area (Å²) in [6.45, 7) is 9.96. The van der Waals surface area contributed by atoms with Crippen LogP contribution in [0.1, 0.15) is 25.0 Å². The minimum Gasteiger partial charge on any atom is -0.478 e. The van der Waals surface area contributed by atoms with Gasteiger partial charge in [0.05, 0.1) is 0 Å². The molecule has 0 aromatic heterocycles. The zero-order valence-electron chi connectivity index (χ0n) is 12.8. The summed E-state index contributed by atoms with van der Waals surface area (Å²) in [5.74, 6) is -0.915. The molecule has 0 unspecified atom stereocenters. The molecule has 0 aliphatic carbocycles. The van der Waals surface area contributed by atoms with E-state index in [9.17, 15) is 4.79 Å². The average Bonchev–Trinajstić information content (AvgIpc) is 2.47. The number of carbonyl (C=O) groups is 1. The summed E-state index contributed by atoms with van der Waals surface area (Å²) < 4.78 is 0. The first-order valence-corrected chi connectivity index (χ1v) is 7.51. The van der Waals surface area contributed by atoms with Crippen LogP contribution in [0.4, 0.5) is 0 Å². The van der Waals surface area contributed by atoms with E-state index in [-0.39, 0.29) is 0 Å². The van der Waals surface area contributed by atoms with E-state index in [0.717, 1.165) is 38.3 Å². The predicted molar refractivity (Wildman–Crippen MR) is 85.1 cm³/mol. The second-order valence-corrected chi connectivity index (χ2v) is 5.82. The number of piperazine rings is 1. The van der Waals surface area contributed by atoms with E-state index in [1.54, 1.807) is 6.08 Å². The second kappa shape index (κ2) is 7.38. The van der Waals surface area contributed by atoms with Crippen LogP contribution in [0.5, 0.6) is 0 Å². The lowest BCUT2D eigenvalue weighted by Gasteiger charge is -2.36. The van der Waals surface area contributed by atoms with Crippen LogP contribution in [0, 0.1) is 0 Å². The molecule has 1 saturated heterocycles. The van der Waals surface area contributed by atoms with E-state index in [0.29, 0.717) is 6.04 Å². The minimum absolute atomic E-state index is 0.632. The highest BCUT2D eigenvalue weighted by atomic mass is 16.4. The summed E-state index contributed by atoms with van der Waals surface area (Å²) in [5, 5.41) is 8.61. The van der Waals surface area contributed by atoms with Crippen LogP contribution >= 0.6 is 0 Å². The van der Waals surface area contributed by atoms with Gasteiger partial charge in [-0.25, -0.2) is 4.79 Å². The van der Waals surface area contributed by atoms with Crippen molar-refractivity contribution in [3.05, 3.63) is 41.5 Å². The molecule has 0 spiro atoms. The third-order valence-electron chi connectivity index (χ3n) is 3.94. The fourth-order valence-electron chi connectivity index (χ4n) is 2.60. The van der Waals surface area contributed by atoms with Gasteiger partial charge in [0.1, 0.15) is 0 Å². The summed E-state index contributed by atoms with van der Waals surface area (Å²) in [4.78, 5) is 15.5. The number of hydrogen-bond donors (Lipinski definition) is 1. The van der Waals surface area contributed by atoms with Gasteiger partial charge in [-0.15, -0.1) is 0 Å². The van der Waals surface area contributed by atoms with Crippen LogP contribution in [0.25, 0.3) is 6.08 Å². The first kappa shape index (κ1) is 15.7. The third-order valence-corrected chi connectivity index (χ3v) is 3.94. The van der Waals surface area contributed by atoms with Crippen molar-refractivity contribution in [1.82, 2.24) is 9.80 Å². The summed E-state index contributed by atoms with van der Waals surface area (Å²) in [6, 6.07) is 8.73. The summed E-state index contributed by atoms with van der Waals surface area (Å²) >= 11 is 0. The molecule has 0 radical (unpaired) electrons. The largest absolute Gasteiger partial charge is 0.478 e. The van der Waals surface area contributed by atoms with E-state index in [1.807, 2.05) is 12.1 Å². The number of benzene rings is 1. The second-order valence-electron chi connectivity index (χ2n) is 5.82. The molecule has 0 amide bonds. The van der Waals surface area contributed by atoms with Gasteiger partial charge < -0.3 is 5.11 Å². The van der Waals surface area contributed by atoms with Gasteiger partial charge >= 0.3 is 5.97 Å². The van der Waals surface area contributed by atoms with Crippen molar-refractivity contribution in [3.63, 3.8) is 0 Å². The molecule has 1 aromatic rings. The molecule has 2 rings (SSSR count). The van der Waals surface area contributed by atoms with Gasteiger partial charge in [0.15, 0.2) is 0 Å². The maximum absolute atomic E-state index is 10.5. The Morgan fingerprint density at radius 3 is 2.33 bits per heavy atom. The maximum atomic E-state index is 10.5. The summed E-state index contributed by atoms with van der Waals surface area (Å²) in [7, 11) is 0. The molecular weight excluding hydrogens is 264 g/mol. The summed E-state index contributed by atoms with van der Waals surface area (Å²) in [5.41, 5.74) is 2.20. The Hall–Kier alpha value is -1.65. The number of hydrogen-bond acceptors (Lipinski definition) is 3. The van der Waals surface area contributed by atoms with Crippen LogP contribution < -0.4 is 0 Å². The standard InChI is InChI=1S/C17H24N2O2/c1-14(2)19-11-9-18(10-12-19)13-16-5-3-15(4-6-16)7-8-17(20)21/h3-8,14H,9-13H2,1-2H3,(H,20,21). The number of rotatable bonds is 5. The van der Waals surface area contributed by atoms with Crippen LogP contribution in [-0.2, 0) is 11.3 Å². The first-order valence-electron chi connectivity index (χ1n) is 7.51. The van der Waals surface area contributed by atoms with Crippen LogP contribution in [0.2, 0.25) is 0 Å². The highest BCUT2D eigenvalue weighted by molar-refractivity contribution is 5.85. The van der Waals surface area contributed by atoms with Gasteiger partial charge in [0.2, 0.25) is 0 Å². The van der Waals surface area contributed by atoms with Gasteiger partial charge in [0, 0.05) is 44.8 Å². The Kier molecular flexibility index (Phi) is 5.53. The molecule has 4 heteroatoms. The Labute approximate surface area is 126 Å². The molecular formula is C17H24N2O2. The normalized spacial score (nSPS) is 17.7. The molecule has 4 nitrogen and oxygen atoms in total. The van der Waals surface area contributed by atoms with Crippen molar-refractivity contribution in [3.8, 4) is 0 Å². The molecule has 0 saturated carbocycles. The molecule has 1 fully saturated rings. The molecule has 21 heavy (non-hydrogen) atoms. The van der Waals surface area contributed by atoms with Crippen molar-refractivity contribution in [1.29, 1.82) is 0 Å². The topological polar surface area (TPSA) is 43.8 Å². The van der Waals surface area contributed by atoms with E-state index >= 15 is 0 Å². The Morgan fingerprint density at radius 1 is 1.19 bits per heavy atom. The van der Waals surface area contributed by atoms with E-state index < -0.39 is 5.97 Å². The predicted octanol–water partition coefficient (Wildman–Crippen LogP) is 2.31. The SMILES string of the molecule is CC(C)N1CCN(Cc2ccc(C=CC(=O)O)cc2)CC1. The van der Waals surface area contributed by atoms with Gasteiger partial charge in [-0.3, -0.25) is 9.80 Å². The molecule has 0 bridgehead atoms. The van der Waals surface area contributed by atoms with E-state index in [4.69, 9.17) is 5.11 Å². The Morgan fingerprint density at radius 2 is 1.81 bits per heavy atom. The van der Waals surface area contributed by atoms with Crippen LogP contribution in [0.3, 0.4) is 0 Å². The van der Waals surface area contributed by atoms with Crippen molar-refractivity contribution in [2.75, 3.05) is 26.2 Å². The van der Waals surface area contributed by atoms with Crippen LogP contribution in [-0.4, -0.2) is 53.1 Å². The zero-order valence-corrected chi connectivity index (χ0v) is 12.8. The van der Waals surface area contributed by atoms with Gasteiger partial charge in [-0.05, 0) is 31.1 Å². The number of aliphatic carboxylic acids is 1. The molecule has 1 aliphatic heterocycles. The first-order chi connectivity index (χ1) is 10.0. The average molecular weight is 288 g/mol. The molecule has 1 aliphatic rings. The quantitative estimate of drug-likeness (QED) is 0.845. The number of carboxylic acids is 1. The highest BCUT2D eigenvalue weighted by Crippen LogP contribution is 2.12. The molecule has 1 heterocycles. The lowest BCUT2D eigenvalue weighted by atomic mass is 10.1. The number of carboxylic acid groups (broad SMARTS) is 1. The number of nitrogens with zero attached hydrogens (tertiary/aromatic N) is 2. The van der Waals surface area contributed by atoms with E-state index in [2.05, 4.69) is 35.8 Å².